The Labute approximate surface area is 295 Å². The summed E-state index contributed by atoms with van der Waals surface area (Å²) in [6.45, 7) is 17.5. The second-order valence-corrected chi connectivity index (χ2v) is 16.2. The molecular formula is C35H43ClFN5O6S. The number of rotatable bonds is 3. The molecule has 49 heavy (non-hydrogen) atoms. The summed E-state index contributed by atoms with van der Waals surface area (Å²) >= 11 is 8.07. The number of carbonyl (C=O) groups excluding carboxylic acids is 3. The van der Waals surface area contributed by atoms with E-state index in [1.54, 1.807) is 52.5 Å². The Morgan fingerprint density at radius 1 is 0.898 bits per heavy atom. The van der Waals surface area contributed by atoms with Crippen LogP contribution in [-0.4, -0.2) is 75.5 Å². The fourth-order valence-corrected chi connectivity index (χ4v) is 6.68. The number of hydrogen-bond acceptors (Lipinski definition) is 10. The lowest BCUT2D eigenvalue weighted by atomic mass is 9.92. The number of ether oxygens (including phenoxy) is 3. The number of halogens is 2. The third-order valence-electron chi connectivity index (χ3n) is 7.47. The van der Waals surface area contributed by atoms with Gasteiger partial charge in [0.2, 0.25) is 0 Å². The summed E-state index contributed by atoms with van der Waals surface area (Å²) in [6, 6.07) is 3.15. The molecule has 0 atom stereocenters. The van der Waals surface area contributed by atoms with Crippen LogP contribution in [-0.2, 0) is 20.6 Å². The number of nitrogens with zero attached hydrogens (tertiary/aromatic N) is 5. The predicted octanol–water partition coefficient (Wildman–Crippen LogP) is 8.84. The van der Waals surface area contributed by atoms with E-state index in [2.05, 4.69) is 14.3 Å². The fraction of sp³-hybridized carbons (Fsp3) is 0.514. The van der Waals surface area contributed by atoms with Gasteiger partial charge in [-0.2, -0.15) is 9.27 Å². The summed E-state index contributed by atoms with van der Waals surface area (Å²) in [5.74, 6) is -0.721. The number of hydrogen-bond donors (Lipinski definition) is 0. The van der Waals surface area contributed by atoms with Crippen LogP contribution in [0.4, 0.5) is 29.6 Å². The molecule has 0 unspecified atom stereocenters. The molecule has 0 radical (unpaired) electrons. The fourth-order valence-electron chi connectivity index (χ4n) is 5.48. The molecule has 3 aromatic rings. The lowest BCUT2D eigenvalue weighted by molar-refractivity contribution is 0.0239. The molecule has 3 heterocycles. The van der Waals surface area contributed by atoms with Gasteiger partial charge in [-0.15, -0.1) is 0 Å². The van der Waals surface area contributed by atoms with Crippen LogP contribution in [0.2, 0.25) is 5.02 Å². The smallest absolute Gasteiger partial charge is 0.425 e. The van der Waals surface area contributed by atoms with Gasteiger partial charge in [0.1, 0.15) is 33.1 Å². The van der Waals surface area contributed by atoms with E-state index in [-0.39, 0.29) is 28.0 Å². The van der Waals surface area contributed by atoms with Gasteiger partial charge in [0.25, 0.3) is 0 Å². The number of fused-ring (bicyclic) bond motifs is 2. The maximum atomic E-state index is 16.7. The first-order valence-corrected chi connectivity index (χ1v) is 17.3. The zero-order valence-electron chi connectivity index (χ0n) is 29.4. The van der Waals surface area contributed by atoms with Crippen LogP contribution in [0.5, 0.6) is 0 Å². The molecule has 11 nitrogen and oxygen atoms in total. The molecule has 1 fully saturated rings. The van der Waals surface area contributed by atoms with Crippen LogP contribution in [0.15, 0.2) is 18.2 Å². The van der Waals surface area contributed by atoms with Crippen molar-refractivity contribution < 1.29 is 33.0 Å². The number of amides is 3. The number of carbonyl (C=O) groups is 3. The molecule has 1 saturated heterocycles. The Balaban J connectivity index is 1.55. The van der Waals surface area contributed by atoms with Crippen LogP contribution >= 0.6 is 23.1 Å². The minimum atomic E-state index is -0.982. The van der Waals surface area contributed by atoms with Crippen molar-refractivity contribution in [2.24, 2.45) is 0 Å². The molecule has 14 heteroatoms. The third-order valence-corrected chi connectivity index (χ3v) is 8.69. The van der Waals surface area contributed by atoms with Crippen LogP contribution < -0.4 is 9.80 Å². The van der Waals surface area contributed by atoms with Gasteiger partial charge in [0.15, 0.2) is 5.82 Å². The van der Waals surface area contributed by atoms with Crippen molar-refractivity contribution in [2.45, 2.75) is 92.0 Å². The predicted molar refractivity (Wildman–Crippen MR) is 190 cm³/mol. The van der Waals surface area contributed by atoms with E-state index in [0.717, 1.165) is 21.4 Å². The topological polar surface area (TPSA) is 114 Å². The number of aryl methyl sites for hydroxylation is 1. The van der Waals surface area contributed by atoms with Gasteiger partial charge in [-0.1, -0.05) is 23.8 Å². The van der Waals surface area contributed by atoms with Crippen molar-refractivity contribution >= 4 is 69.2 Å². The monoisotopic (exact) mass is 715 g/mol. The summed E-state index contributed by atoms with van der Waals surface area (Å²) in [5, 5.41) is 1.41. The molecule has 0 N–H and O–H groups in total. The molecule has 1 aliphatic heterocycles. The first kappa shape index (κ1) is 36.3. The first-order valence-electron chi connectivity index (χ1n) is 16.2. The lowest BCUT2D eigenvalue weighted by Crippen LogP contribution is -2.50. The molecule has 264 valence electrons. The van der Waals surface area contributed by atoms with Crippen LogP contribution in [0.25, 0.3) is 28.1 Å². The van der Waals surface area contributed by atoms with Crippen molar-refractivity contribution in [1.82, 2.24) is 14.3 Å². The Kier molecular flexibility index (Phi) is 9.92. The van der Waals surface area contributed by atoms with Crippen molar-refractivity contribution in [2.75, 3.05) is 36.0 Å². The molecule has 0 spiro atoms. The standard InChI is InChI=1S/C35H43ClFN5O6S/c1-33(2,3)46-30(43)41-16-14-40(15-17-41)29-22-18-23(36)26(27(37)28(22)39-49-29)21-19-25(38-24-13-11-10-12-20(21)24)42(31(44)47-34(4,5)6)32(45)48-35(7,8)9/h10,12,18-19H,11,13-17H2,1-9H3. The molecule has 2 aromatic heterocycles. The van der Waals surface area contributed by atoms with Gasteiger partial charge in [-0.3, -0.25) is 0 Å². The highest BCUT2D eigenvalue weighted by atomic mass is 35.5. The normalized spacial score (nSPS) is 15.2. The second-order valence-electron chi connectivity index (χ2n) is 15.0. The van der Waals surface area contributed by atoms with Crippen molar-refractivity contribution in [3.05, 3.63) is 40.3 Å². The number of benzene rings is 1. The number of piperazine rings is 1. The van der Waals surface area contributed by atoms with Gasteiger partial charge < -0.3 is 24.0 Å². The summed E-state index contributed by atoms with van der Waals surface area (Å²) < 4.78 is 37.9. The van der Waals surface area contributed by atoms with E-state index in [4.69, 9.17) is 25.8 Å². The minimum absolute atomic E-state index is 0.0699. The molecule has 1 aliphatic carbocycles. The van der Waals surface area contributed by atoms with Gasteiger partial charge in [-0.25, -0.2) is 23.8 Å². The average Bonchev–Trinajstić information content (AvgIpc) is 3.38. The van der Waals surface area contributed by atoms with E-state index in [1.165, 1.54) is 6.07 Å². The van der Waals surface area contributed by atoms with E-state index in [9.17, 15) is 14.4 Å². The largest absolute Gasteiger partial charge is 0.444 e. The van der Waals surface area contributed by atoms with Gasteiger partial charge in [-0.05, 0) is 104 Å². The van der Waals surface area contributed by atoms with E-state index in [0.29, 0.717) is 61.2 Å². The maximum absolute atomic E-state index is 16.7. The Morgan fingerprint density at radius 3 is 2.06 bits per heavy atom. The minimum Gasteiger partial charge on any atom is -0.444 e. The van der Waals surface area contributed by atoms with Gasteiger partial charge >= 0.3 is 18.3 Å². The second kappa shape index (κ2) is 13.4. The zero-order valence-corrected chi connectivity index (χ0v) is 31.0. The molecule has 0 saturated carbocycles. The Bertz CT molecular complexity index is 1790. The Morgan fingerprint density at radius 2 is 1.49 bits per heavy atom. The first-order chi connectivity index (χ1) is 22.7. The zero-order chi connectivity index (χ0) is 36.1. The summed E-state index contributed by atoms with van der Waals surface area (Å²) in [7, 11) is 0. The molecular weight excluding hydrogens is 673 g/mol. The quantitative estimate of drug-likeness (QED) is 0.245. The van der Waals surface area contributed by atoms with Gasteiger partial charge in [0.05, 0.1) is 10.7 Å². The van der Waals surface area contributed by atoms with E-state index < -0.39 is 34.8 Å². The van der Waals surface area contributed by atoms with Crippen LogP contribution in [0.3, 0.4) is 0 Å². The summed E-state index contributed by atoms with van der Waals surface area (Å²) in [4.78, 5) is 48.7. The van der Waals surface area contributed by atoms with Crippen molar-refractivity contribution in [3.8, 4) is 11.1 Å². The van der Waals surface area contributed by atoms with E-state index >= 15 is 4.39 Å². The number of aromatic nitrogens is 2. The average molecular weight is 716 g/mol. The third kappa shape index (κ3) is 8.26. The molecule has 5 rings (SSSR count). The summed E-state index contributed by atoms with van der Waals surface area (Å²) in [6.07, 6.45) is 2.61. The molecule has 2 aliphatic rings. The molecule has 3 amide bonds. The SMILES string of the molecule is CC(C)(C)OC(=O)N1CCN(c2snc3c(F)c(-c4cc(N(C(=O)OC(C)(C)C)C(=O)OC(C)(C)C)nc5c4C=CCC5)c(Cl)cc23)CC1. The molecule has 1 aromatic carbocycles. The lowest BCUT2D eigenvalue weighted by Gasteiger charge is -2.36. The number of allylic oxidation sites excluding steroid dienone is 1. The van der Waals surface area contributed by atoms with Crippen molar-refractivity contribution in [3.63, 3.8) is 0 Å². The number of anilines is 2. The number of pyridine rings is 1. The number of imide groups is 1. The van der Waals surface area contributed by atoms with Crippen molar-refractivity contribution in [1.29, 1.82) is 0 Å². The van der Waals surface area contributed by atoms with Gasteiger partial charge in [0, 0.05) is 42.7 Å². The highest BCUT2D eigenvalue weighted by Crippen LogP contribution is 2.44. The maximum Gasteiger partial charge on any atom is 0.425 e. The van der Waals surface area contributed by atoms with Crippen LogP contribution in [0, 0.1) is 5.82 Å². The van der Waals surface area contributed by atoms with E-state index in [1.807, 2.05) is 32.9 Å². The molecule has 0 bridgehead atoms. The Hall–Kier alpha value is -3.97. The van der Waals surface area contributed by atoms with Crippen LogP contribution in [0.1, 0.15) is 80.0 Å². The summed E-state index contributed by atoms with van der Waals surface area (Å²) in [5.41, 5.74) is -0.718. The highest BCUT2D eigenvalue weighted by Gasteiger charge is 2.36. The highest BCUT2D eigenvalue weighted by molar-refractivity contribution is 7.11.